The van der Waals surface area contributed by atoms with Crippen molar-refractivity contribution in [2.24, 2.45) is 0 Å². The fourth-order valence-electron chi connectivity index (χ4n) is 3.66. The number of hydrogen-bond acceptors (Lipinski definition) is 7. The molecule has 0 saturated carbocycles. The van der Waals surface area contributed by atoms with Crippen molar-refractivity contribution >= 4 is 27.6 Å². The summed E-state index contributed by atoms with van der Waals surface area (Å²) in [5, 5.41) is 11.1. The zero-order chi connectivity index (χ0) is 20.5. The van der Waals surface area contributed by atoms with Crippen LogP contribution in [0.4, 0.5) is 5.69 Å². The largest absolute Gasteiger partial charge is 0.507 e. The molecular formula is C23H20N2O5. The van der Waals surface area contributed by atoms with E-state index in [1.807, 2.05) is 12.1 Å². The van der Waals surface area contributed by atoms with Gasteiger partial charge in [-0.05, 0) is 29.8 Å². The molecule has 1 aliphatic heterocycles. The molecule has 2 aromatic heterocycles. The number of hydrogen-bond donors (Lipinski definition) is 1. The number of aromatic nitrogens is 1. The van der Waals surface area contributed by atoms with Crippen molar-refractivity contribution in [1.82, 2.24) is 4.98 Å². The van der Waals surface area contributed by atoms with Gasteiger partial charge in [0.15, 0.2) is 0 Å². The molecule has 0 aliphatic carbocycles. The highest BCUT2D eigenvalue weighted by Gasteiger charge is 2.18. The maximum atomic E-state index is 13.0. The lowest BCUT2D eigenvalue weighted by Gasteiger charge is -2.29. The quantitative estimate of drug-likeness (QED) is 0.522. The number of phenols is 1. The van der Waals surface area contributed by atoms with Gasteiger partial charge in [-0.15, -0.1) is 0 Å². The highest BCUT2D eigenvalue weighted by atomic mass is 16.5. The van der Waals surface area contributed by atoms with E-state index in [2.05, 4.69) is 9.88 Å². The Bertz CT molecular complexity index is 1260. The first-order valence-electron chi connectivity index (χ1n) is 9.77. The molecule has 1 aliphatic rings. The number of phenolic OH excluding ortho intramolecular Hbond substituents is 1. The van der Waals surface area contributed by atoms with Gasteiger partial charge in [-0.1, -0.05) is 0 Å². The number of morpholine rings is 1. The van der Waals surface area contributed by atoms with Gasteiger partial charge in [0, 0.05) is 49.4 Å². The molecule has 4 aromatic rings. The van der Waals surface area contributed by atoms with E-state index in [1.165, 1.54) is 0 Å². The molecule has 5 rings (SSSR count). The van der Waals surface area contributed by atoms with E-state index in [4.69, 9.17) is 13.9 Å². The Morgan fingerprint density at radius 2 is 1.83 bits per heavy atom. The molecule has 3 heterocycles. The van der Waals surface area contributed by atoms with Crippen LogP contribution in [-0.4, -0.2) is 36.4 Å². The van der Waals surface area contributed by atoms with Gasteiger partial charge in [0.2, 0.25) is 5.43 Å². The van der Waals surface area contributed by atoms with E-state index >= 15 is 0 Å². The Morgan fingerprint density at radius 1 is 1.03 bits per heavy atom. The summed E-state index contributed by atoms with van der Waals surface area (Å²) >= 11 is 0. The van der Waals surface area contributed by atoms with Crippen LogP contribution in [0.2, 0.25) is 0 Å². The molecular weight excluding hydrogens is 384 g/mol. The minimum Gasteiger partial charge on any atom is -0.507 e. The summed E-state index contributed by atoms with van der Waals surface area (Å²) in [4.78, 5) is 19.1. The maximum absolute atomic E-state index is 13.0. The summed E-state index contributed by atoms with van der Waals surface area (Å²) in [6, 6.07) is 12.3. The van der Waals surface area contributed by atoms with Crippen LogP contribution in [0, 0.1) is 0 Å². The van der Waals surface area contributed by atoms with Crippen molar-refractivity contribution in [2.75, 3.05) is 31.2 Å². The standard InChI is InChI=1S/C23H20N2O5/c26-19-11-16(25-7-9-28-10-8-25)12-21-22(19)23(27)18-2-1-17(13-20(18)30-21)29-14-15-3-5-24-6-4-15/h1-6,11-13,26H,7-10,14H2. The predicted molar refractivity (Wildman–Crippen MR) is 113 cm³/mol. The topological polar surface area (TPSA) is 85.0 Å². The van der Waals surface area contributed by atoms with E-state index in [1.54, 1.807) is 42.7 Å². The number of anilines is 1. The lowest BCUT2D eigenvalue weighted by atomic mass is 10.1. The number of ether oxygens (including phenoxy) is 2. The monoisotopic (exact) mass is 404 g/mol. The molecule has 1 N–H and O–H groups in total. The van der Waals surface area contributed by atoms with Crippen LogP contribution >= 0.6 is 0 Å². The number of pyridine rings is 1. The second-order valence-electron chi connectivity index (χ2n) is 7.17. The molecule has 0 atom stereocenters. The summed E-state index contributed by atoms with van der Waals surface area (Å²) in [6.07, 6.45) is 3.42. The van der Waals surface area contributed by atoms with Crippen molar-refractivity contribution in [2.45, 2.75) is 6.61 Å². The minimum absolute atomic E-state index is 0.0809. The minimum atomic E-state index is -0.266. The van der Waals surface area contributed by atoms with E-state index < -0.39 is 0 Å². The molecule has 0 spiro atoms. The molecule has 7 nitrogen and oxygen atoms in total. The lowest BCUT2D eigenvalue weighted by molar-refractivity contribution is 0.122. The lowest BCUT2D eigenvalue weighted by Crippen LogP contribution is -2.36. The van der Waals surface area contributed by atoms with Gasteiger partial charge < -0.3 is 23.9 Å². The molecule has 0 radical (unpaired) electrons. The highest BCUT2D eigenvalue weighted by Crippen LogP contribution is 2.32. The van der Waals surface area contributed by atoms with E-state index in [0.29, 0.717) is 42.1 Å². The Morgan fingerprint density at radius 3 is 2.63 bits per heavy atom. The average molecular weight is 404 g/mol. The van der Waals surface area contributed by atoms with Crippen LogP contribution in [0.25, 0.3) is 21.9 Å². The average Bonchev–Trinajstić information content (AvgIpc) is 2.78. The van der Waals surface area contributed by atoms with Crippen LogP contribution < -0.4 is 15.1 Å². The normalized spacial score (nSPS) is 14.3. The second kappa shape index (κ2) is 7.68. The van der Waals surface area contributed by atoms with Crippen molar-refractivity contribution in [3.8, 4) is 11.5 Å². The second-order valence-corrected chi connectivity index (χ2v) is 7.17. The molecule has 2 aromatic carbocycles. The Kier molecular flexibility index (Phi) is 4.72. The molecule has 1 saturated heterocycles. The van der Waals surface area contributed by atoms with Crippen molar-refractivity contribution in [3.63, 3.8) is 0 Å². The first-order chi connectivity index (χ1) is 14.7. The molecule has 30 heavy (non-hydrogen) atoms. The molecule has 7 heteroatoms. The van der Waals surface area contributed by atoms with E-state index in [0.717, 1.165) is 24.3 Å². The first kappa shape index (κ1) is 18.4. The van der Waals surface area contributed by atoms with Crippen LogP contribution in [-0.2, 0) is 11.3 Å². The molecule has 0 amide bonds. The van der Waals surface area contributed by atoms with E-state index in [-0.39, 0.29) is 16.6 Å². The SMILES string of the molecule is O=c1c2ccc(OCc3ccncc3)cc2oc2cc(N3CCOCC3)cc(O)c12. The first-order valence-corrected chi connectivity index (χ1v) is 9.77. The van der Waals surface area contributed by atoms with Gasteiger partial charge in [-0.3, -0.25) is 9.78 Å². The molecule has 152 valence electrons. The summed E-state index contributed by atoms with van der Waals surface area (Å²) in [6.45, 7) is 3.07. The van der Waals surface area contributed by atoms with Gasteiger partial charge in [-0.25, -0.2) is 0 Å². The molecule has 0 unspecified atom stereocenters. The van der Waals surface area contributed by atoms with Crippen molar-refractivity contribution < 1.29 is 19.0 Å². The van der Waals surface area contributed by atoms with Gasteiger partial charge in [-0.2, -0.15) is 0 Å². The number of nitrogens with zero attached hydrogens (tertiary/aromatic N) is 2. The zero-order valence-electron chi connectivity index (χ0n) is 16.2. The van der Waals surface area contributed by atoms with E-state index in [9.17, 15) is 9.90 Å². The number of fused-ring (bicyclic) bond motifs is 2. The summed E-state index contributed by atoms with van der Waals surface area (Å²) < 4.78 is 17.2. The Hall–Kier alpha value is -3.58. The van der Waals surface area contributed by atoms with Crippen molar-refractivity contribution in [3.05, 3.63) is 70.6 Å². The zero-order valence-corrected chi connectivity index (χ0v) is 16.2. The van der Waals surface area contributed by atoms with Crippen LogP contribution in [0.15, 0.2) is 64.1 Å². The Balaban J connectivity index is 1.54. The summed E-state index contributed by atoms with van der Waals surface area (Å²) in [5.74, 6) is 0.512. The van der Waals surface area contributed by atoms with Gasteiger partial charge in [0.05, 0.1) is 18.6 Å². The molecule has 1 fully saturated rings. The van der Waals surface area contributed by atoms with Crippen LogP contribution in [0.5, 0.6) is 11.5 Å². The number of rotatable bonds is 4. The van der Waals surface area contributed by atoms with Crippen molar-refractivity contribution in [1.29, 1.82) is 0 Å². The van der Waals surface area contributed by atoms with Gasteiger partial charge in [0.1, 0.15) is 34.7 Å². The maximum Gasteiger partial charge on any atom is 0.204 e. The molecule has 0 bridgehead atoms. The third-order valence-electron chi connectivity index (χ3n) is 5.24. The predicted octanol–water partition coefficient (Wildman–Crippen LogP) is 3.46. The fourth-order valence-corrected chi connectivity index (χ4v) is 3.66. The summed E-state index contributed by atoms with van der Waals surface area (Å²) in [7, 11) is 0. The Labute approximate surface area is 172 Å². The van der Waals surface area contributed by atoms with Crippen LogP contribution in [0.3, 0.4) is 0 Å². The van der Waals surface area contributed by atoms with Crippen LogP contribution in [0.1, 0.15) is 5.56 Å². The summed E-state index contributed by atoms with van der Waals surface area (Å²) in [5.41, 5.74) is 2.29. The number of aromatic hydroxyl groups is 1. The highest BCUT2D eigenvalue weighted by molar-refractivity contribution is 5.95. The third-order valence-corrected chi connectivity index (χ3v) is 5.24. The smallest absolute Gasteiger partial charge is 0.204 e. The third kappa shape index (κ3) is 3.44. The number of benzene rings is 2. The fraction of sp³-hybridized carbons (Fsp3) is 0.217. The van der Waals surface area contributed by atoms with Gasteiger partial charge in [0.25, 0.3) is 0 Å². The van der Waals surface area contributed by atoms with Gasteiger partial charge >= 0.3 is 0 Å².